The van der Waals surface area contributed by atoms with Gasteiger partial charge in [0.15, 0.2) is 0 Å². The van der Waals surface area contributed by atoms with E-state index in [2.05, 4.69) is 42.4 Å². The molecule has 1 fully saturated rings. The molecule has 7 heteroatoms. The first-order valence-electron chi connectivity index (χ1n) is 12.5. The number of carbonyl (C=O) groups excluding carboxylic acids is 1. The predicted octanol–water partition coefficient (Wildman–Crippen LogP) is 2.36. The highest BCUT2D eigenvalue weighted by atomic mass is 16.5. The van der Waals surface area contributed by atoms with Gasteiger partial charge in [0, 0.05) is 25.9 Å². The zero-order valence-corrected chi connectivity index (χ0v) is 21.3. The number of nitrogens with zero attached hydrogens (tertiary/aromatic N) is 1. The summed E-state index contributed by atoms with van der Waals surface area (Å²) in [7, 11) is 1.92. The Kier molecular flexibility index (Phi) is 10.9. The first-order chi connectivity index (χ1) is 17.4. The normalized spacial score (nSPS) is 19.7. The highest BCUT2D eigenvalue weighted by Crippen LogP contribution is 2.30. The molecule has 0 radical (unpaired) electrons. The predicted molar refractivity (Wildman–Crippen MR) is 139 cm³/mol. The highest BCUT2D eigenvalue weighted by molar-refractivity contribution is 5.75. The molecule has 1 aliphatic heterocycles. The van der Waals surface area contributed by atoms with E-state index in [4.69, 9.17) is 15.9 Å². The van der Waals surface area contributed by atoms with Gasteiger partial charge in [-0.1, -0.05) is 48.4 Å². The van der Waals surface area contributed by atoms with Crippen LogP contribution >= 0.6 is 0 Å². The first kappa shape index (κ1) is 27.9. The largest absolute Gasteiger partial charge is 0.391 e. The van der Waals surface area contributed by atoms with Crippen LogP contribution in [0.3, 0.4) is 0 Å². The summed E-state index contributed by atoms with van der Waals surface area (Å²) >= 11 is 0. The smallest absolute Gasteiger partial charge is 0.222 e. The summed E-state index contributed by atoms with van der Waals surface area (Å²) in [4.78, 5) is 13.9. The summed E-state index contributed by atoms with van der Waals surface area (Å²) in [5.41, 5.74) is 5.52. The van der Waals surface area contributed by atoms with Gasteiger partial charge in [-0.3, -0.25) is 9.69 Å². The van der Waals surface area contributed by atoms with Gasteiger partial charge in [-0.2, -0.15) is 0 Å². The van der Waals surface area contributed by atoms with Crippen LogP contribution in [-0.2, 0) is 27.3 Å². The van der Waals surface area contributed by atoms with E-state index in [1.807, 2.05) is 30.1 Å². The number of nitrogens with one attached hydrogen (secondary N) is 1. The third-order valence-electron chi connectivity index (χ3n) is 6.37. The Hall–Kier alpha value is -2.73. The highest BCUT2D eigenvalue weighted by Gasteiger charge is 2.30. The van der Waals surface area contributed by atoms with Crippen LogP contribution in [0.4, 0.5) is 0 Å². The molecule has 3 N–H and O–H groups in total. The van der Waals surface area contributed by atoms with Crippen LogP contribution in [-0.4, -0.2) is 73.1 Å². The minimum atomic E-state index is -0.713. The molecule has 1 aliphatic rings. The number of amides is 1. The van der Waals surface area contributed by atoms with E-state index in [-0.39, 0.29) is 12.5 Å². The van der Waals surface area contributed by atoms with E-state index >= 15 is 0 Å². The third kappa shape index (κ3) is 8.74. The molecule has 7 nitrogen and oxygen atoms in total. The van der Waals surface area contributed by atoms with Gasteiger partial charge < -0.3 is 25.0 Å². The number of terminal acetylenes is 1. The molecule has 3 rings (SSSR count). The van der Waals surface area contributed by atoms with E-state index in [1.54, 1.807) is 0 Å². The Labute approximate surface area is 214 Å². The zero-order chi connectivity index (χ0) is 25.9. The van der Waals surface area contributed by atoms with Crippen molar-refractivity contribution in [2.24, 2.45) is 0 Å². The second-order valence-corrected chi connectivity index (χ2v) is 9.48. The molecule has 2 aromatic carbocycles. The minimum absolute atomic E-state index is 0.0284. The van der Waals surface area contributed by atoms with Crippen molar-refractivity contribution in [1.82, 2.24) is 10.2 Å². The van der Waals surface area contributed by atoms with Crippen molar-refractivity contribution in [2.45, 2.75) is 51.1 Å². The van der Waals surface area contributed by atoms with E-state index < -0.39 is 18.3 Å². The van der Waals surface area contributed by atoms with Gasteiger partial charge in [0.1, 0.15) is 6.10 Å². The third-order valence-corrected chi connectivity index (χ3v) is 6.37. The van der Waals surface area contributed by atoms with Gasteiger partial charge in [-0.05, 0) is 48.2 Å². The lowest BCUT2D eigenvalue weighted by molar-refractivity contribution is -0.125. The van der Waals surface area contributed by atoms with Crippen molar-refractivity contribution >= 4 is 5.91 Å². The number of rotatable bonds is 12. The van der Waals surface area contributed by atoms with Crippen LogP contribution in [0.2, 0.25) is 0 Å². The molecule has 2 aromatic rings. The van der Waals surface area contributed by atoms with Crippen molar-refractivity contribution in [3.8, 4) is 12.3 Å². The summed E-state index contributed by atoms with van der Waals surface area (Å²) in [6.45, 7) is 4.99. The Morgan fingerprint density at radius 2 is 1.97 bits per heavy atom. The van der Waals surface area contributed by atoms with Crippen molar-refractivity contribution in [2.75, 3.05) is 39.9 Å². The fourth-order valence-electron chi connectivity index (χ4n) is 4.21. The summed E-state index contributed by atoms with van der Waals surface area (Å²) in [6, 6.07) is 14.4. The lowest BCUT2D eigenvalue weighted by Gasteiger charge is -2.31. The van der Waals surface area contributed by atoms with E-state index in [9.17, 15) is 15.0 Å². The number of carbonyl (C=O) groups is 1. The molecule has 1 heterocycles. The van der Waals surface area contributed by atoms with Crippen LogP contribution in [0.25, 0.3) is 0 Å². The maximum Gasteiger partial charge on any atom is 0.222 e. The molecule has 1 amide bonds. The molecule has 1 unspecified atom stereocenters. The zero-order valence-electron chi connectivity index (χ0n) is 21.3. The van der Waals surface area contributed by atoms with E-state index in [0.717, 1.165) is 17.5 Å². The van der Waals surface area contributed by atoms with Crippen LogP contribution in [0.5, 0.6) is 0 Å². The first-order valence-corrected chi connectivity index (χ1v) is 12.5. The second-order valence-electron chi connectivity index (χ2n) is 9.48. The van der Waals surface area contributed by atoms with Crippen LogP contribution in [0.15, 0.2) is 42.5 Å². The number of ether oxygens (including phenoxy) is 2. The standard InChI is InChI=1S/C29H38N2O5/c1-4-13-31(3)14-12-30-28(34)11-15-35-19-23-8-6-22(7-9-23)16-25-17-24(10-5-21(25)2)29-27(33)18-26(32)20-36-29/h1,5-10,17,26-27,29,32-33H,11-16,18-20H2,2-3H3,(H,30,34)/t26-,27?,29-/m0/s1. The van der Waals surface area contributed by atoms with Crippen molar-refractivity contribution < 1.29 is 24.5 Å². The molecule has 3 atom stereocenters. The Morgan fingerprint density at radius 1 is 1.22 bits per heavy atom. The fourth-order valence-corrected chi connectivity index (χ4v) is 4.21. The number of likely N-dealkylation sites (N-methyl/N-ethyl adjacent to an activating group) is 1. The number of benzene rings is 2. The molecule has 0 bridgehead atoms. The number of hydrogen-bond acceptors (Lipinski definition) is 6. The van der Waals surface area contributed by atoms with Crippen LogP contribution < -0.4 is 5.32 Å². The molecular formula is C29H38N2O5. The van der Waals surface area contributed by atoms with Gasteiger partial charge in [-0.15, -0.1) is 6.42 Å². The molecule has 36 heavy (non-hydrogen) atoms. The monoisotopic (exact) mass is 494 g/mol. The second kappa shape index (κ2) is 14.1. The van der Waals surface area contributed by atoms with Crippen molar-refractivity contribution in [3.05, 3.63) is 70.3 Å². The molecule has 0 aliphatic carbocycles. The molecule has 1 saturated heterocycles. The van der Waals surface area contributed by atoms with E-state index in [0.29, 0.717) is 45.7 Å². The Balaban J connectivity index is 1.43. The van der Waals surface area contributed by atoms with Gasteiger partial charge in [0.05, 0.1) is 38.6 Å². The number of aliphatic hydroxyl groups is 2. The summed E-state index contributed by atoms with van der Waals surface area (Å²) < 4.78 is 11.4. The van der Waals surface area contributed by atoms with Gasteiger partial charge in [0.2, 0.25) is 5.91 Å². The van der Waals surface area contributed by atoms with E-state index in [1.165, 1.54) is 16.7 Å². The van der Waals surface area contributed by atoms with Gasteiger partial charge >= 0.3 is 0 Å². The maximum atomic E-state index is 11.9. The summed E-state index contributed by atoms with van der Waals surface area (Å²) in [5, 5.41) is 22.9. The van der Waals surface area contributed by atoms with Crippen molar-refractivity contribution in [1.29, 1.82) is 0 Å². The van der Waals surface area contributed by atoms with Gasteiger partial charge in [0.25, 0.3) is 0 Å². The van der Waals surface area contributed by atoms with Crippen LogP contribution in [0, 0.1) is 19.3 Å². The number of hydrogen-bond donors (Lipinski definition) is 3. The quantitative estimate of drug-likeness (QED) is 0.310. The molecular weight excluding hydrogens is 456 g/mol. The number of aryl methyl sites for hydroxylation is 1. The molecule has 0 spiro atoms. The molecule has 0 aromatic heterocycles. The van der Waals surface area contributed by atoms with Gasteiger partial charge in [-0.25, -0.2) is 0 Å². The lowest BCUT2D eigenvalue weighted by atomic mass is 9.92. The topological polar surface area (TPSA) is 91.3 Å². The average molecular weight is 495 g/mol. The lowest BCUT2D eigenvalue weighted by Crippen LogP contribution is -2.35. The molecule has 0 saturated carbocycles. The van der Waals surface area contributed by atoms with Crippen LogP contribution in [0.1, 0.15) is 46.8 Å². The minimum Gasteiger partial charge on any atom is -0.391 e. The fraction of sp³-hybridized carbons (Fsp3) is 0.483. The average Bonchev–Trinajstić information content (AvgIpc) is 2.84. The number of aliphatic hydroxyl groups excluding tert-OH is 2. The SMILES string of the molecule is C#CCN(C)CCNC(=O)CCOCc1ccc(Cc2cc([C@@H]3OC[C@@H](O)CC3O)ccc2C)cc1. The Bertz CT molecular complexity index is 1020. The van der Waals surface area contributed by atoms with Crippen molar-refractivity contribution in [3.63, 3.8) is 0 Å². The summed E-state index contributed by atoms with van der Waals surface area (Å²) in [6.07, 6.45) is 4.94. The molecule has 194 valence electrons. The Morgan fingerprint density at radius 3 is 2.69 bits per heavy atom. The summed E-state index contributed by atoms with van der Waals surface area (Å²) in [5.74, 6) is 2.54. The maximum absolute atomic E-state index is 11.9.